The summed E-state index contributed by atoms with van der Waals surface area (Å²) in [7, 11) is 0. The molecule has 6 heteroatoms. The molecular weight excluding hydrogens is 269 g/mol. The van der Waals surface area contributed by atoms with Crippen LogP contribution in [-0.4, -0.2) is 12.2 Å². The van der Waals surface area contributed by atoms with Crippen LogP contribution in [0.3, 0.4) is 0 Å². The van der Waals surface area contributed by atoms with E-state index in [0.29, 0.717) is 5.56 Å². The Labute approximate surface area is 113 Å². The van der Waals surface area contributed by atoms with E-state index in [4.69, 9.17) is 5.73 Å². The van der Waals surface area contributed by atoms with Crippen LogP contribution in [0.2, 0.25) is 0 Å². The quantitative estimate of drug-likeness (QED) is 0.689. The summed E-state index contributed by atoms with van der Waals surface area (Å²) < 4.78 is 40.7. The van der Waals surface area contributed by atoms with Gasteiger partial charge in [-0.25, -0.2) is 4.99 Å². The van der Waals surface area contributed by atoms with Gasteiger partial charge in [-0.3, -0.25) is 0 Å². The molecule has 0 atom stereocenters. The fraction of sp³-hybridized carbons (Fsp3) is 0.0714. The Kier molecular flexibility index (Phi) is 3.93. The number of alkyl halides is 3. The lowest BCUT2D eigenvalue weighted by atomic mass is 10.2. The van der Waals surface area contributed by atoms with Crippen LogP contribution in [0, 0.1) is 0 Å². The molecule has 0 aliphatic carbocycles. The van der Waals surface area contributed by atoms with Crippen LogP contribution < -0.4 is 10.5 Å². The third kappa shape index (κ3) is 3.74. The fourth-order valence-corrected chi connectivity index (χ4v) is 1.56. The molecule has 0 heterocycles. The summed E-state index contributed by atoms with van der Waals surface area (Å²) in [5, 5.41) is 0. The maximum Gasteiger partial charge on any atom is 0.573 e. The van der Waals surface area contributed by atoms with Gasteiger partial charge in [-0.2, -0.15) is 0 Å². The first kappa shape index (κ1) is 13.9. The van der Waals surface area contributed by atoms with Crippen molar-refractivity contribution in [1.29, 1.82) is 0 Å². The van der Waals surface area contributed by atoms with Crippen molar-refractivity contribution in [3.63, 3.8) is 0 Å². The molecule has 0 fully saturated rings. The summed E-state index contributed by atoms with van der Waals surface area (Å²) in [6, 6.07) is 14.3. The van der Waals surface area contributed by atoms with Crippen LogP contribution in [0.4, 0.5) is 18.9 Å². The zero-order valence-electron chi connectivity index (χ0n) is 10.3. The van der Waals surface area contributed by atoms with E-state index >= 15 is 0 Å². The number of para-hydroxylation sites is 2. The van der Waals surface area contributed by atoms with Crippen LogP contribution in [0.15, 0.2) is 59.6 Å². The third-order valence-electron chi connectivity index (χ3n) is 2.40. The van der Waals surface area contributed by atoms with E-state index in [0.717, 1.165) is 0 Å². The molecule has 0 saturated heterocycles. The third-order valence-corrected chi connectivity index (χ3v) is 2.40. The second kappa shape index (κ2) is 5.64. The summed E-state index contributed by atoms with van der Waals surface area (Å²) in [5.74, 6) is -0.275. The molecule has 104 valence electrons. The Morgan fingerprint density at radius 3 is 2.20 bits per heavy atom. The highest BCUT2D eigenvalue weighted by molar-refractivity contribution is 5.99. The fourth-order valence-electron chi connectivity index (χ4n) is 1.56. The molecule has 20 heavy (non-hydrogen) atoms. The lowest BCUT2D eigenvalue weighted by Gasteiger charge is -2.11. The predicted octanol–water partition coefficient (Wildman–Crippen LogP) is 3.62. The zero-order chi connectivity index (χ0) is 14.6. The van der Waals surface area contributed by atoms with Crippen molar-refractivity contribution in [1.82, 2.24) is 0 Å². The van der Waals surface area contributed by atoms with E-state index in [2.05, 4.69) is 9.73 Å². The highest BCUT2D eigenvalue weighted by Crippen LogP contribution is 2.32. The average Bonchev–Trinajstić information content (AvgIpc) is 2.40. The molecule has 2 aromatic rings. The van der Waals surface area contributed by atoms with Gasteiger partial charge in [0.15, 0.2) is 5.75 Å². The van der Waals surface area contributed by atoms with Gasteiger partial charge in [-0.1, -0.05) is 42.5 Å². The summed E-state index contributed by atoms with van der Waals surface area (Å²) in [4.78, 5) is 3.98. The first-order valence-electron chi connectivity index (χ1n) is 5.70. The standard InChI is InChI=1S/C14H11F3N2O/c15-14(16,17)20-12-9-5-4-8-11(12)19-13(18)10-6-2-1-3-7-10/h1-9H,(H2,18,19). The van der Waals surface area contributed by atoms with E-state index in [1.54, 1.807) is 36.4 Å². The SMILES string of the molecule is NC(=Nc1ccccc1OC(F)(F)F)c1ccccc1. The number of benzene rings is 2. The van der Waals surface area contributed by atoms with Crippen molar-refractivity contribution in [2.75, 3.05) is 0 Å². The van der Waals surface area contributed by atoms with Gasteiger partial charge in [0.1, 0.15) is 11.5 Å². The molecule has 0 aliphatic heterocycles. The molecule has 3 nitrogen and oxygen atoms in total. The van der Waals surface area contributed by atoms with Crippen LogP contribution in [0.25, 0.3) is 0 Å². The molecule has 0 saturated carbocycles. The molecule has 0 spiro atoms. The Morgan fingerprint density at radius 1 is 0.950 bits per heavy atom. The minimum Gasteiger partial charge on any atom is -0.403 e. The number of halogens is 3. The molecule has 0 unspecified atom stereocenters. The minimum absolute atomic E-state index is 0.0196. The highest BCUT2D eigenvalue weighted by Gasteiger charge is 2.32. The second-order valence-electron chi connectivity index (χ2n) is 3.88. The zero-order valence-corrected chi connectivity index (χ0v) is 10.3. The number of rotatable bonds is 3. The summed E-state index contributed by atoms with van der Waals surface area (Å²) in [5.41, 5.74) is 6.41. The van der Waals surface area contributed by atoms with Gasteiger partial charge >= 0.3 is 6.36 Å². The normalized spacial score (nSPS) is 12.2. The van der Waals surface area contributed by atoms with Crippen molar-refractivity contribution in [2.45, 2.75) is 6.36 Å². The van der Waals surface area contributed by atoms with Gasteiger partial charge in [-0.05, 0) is 12.1 Å². The van der Waals surface area contributed by atoms with Crippen LogP contribution in [-0.2, 0) is 0 Å². The molecule has 2 N–H and O–H groups in total. The van der Waals surface area contributed by atoms with Gasteiger partial charge in [0, 0.05) is 5.56 Å². The van der Waals surface area contributed by atoms with Crippen molar-refractivity contribution < 1.29 is 17.9 Å². The molecule has 2 aromatic carbocycles. The van der Waals surface area contributed by atoms with E-state index in [-0.39, 0.29) is 17.3 Å². The maximum atomic E-state index is 12.3. The summed E-state index contributed by atoms with van der Waals surface area (Å²) in [6.45, 7) is 0. The molecule has 0 aliphatic rings. The molecular formula is C14H11F3N2O. The lowest BCUT2D eigenvalue weighted by molar-refractivity contribution is -0.274. The number of hydrogen-bond acceptors (Lipinski definition) is 2. The monoisotopic (exact) mass is 280 g/mol. The first-order valence-corrected chi connectivity index (χ1v) is 5.70. The predicted molar refractivity (Wildman–Crippen MR) is 70.0 cm³/mol. The highest BCUT2D eigenvalue weighted by atomic mass is 19.4. The van der Waals surface area contributed by atoms with Gasteiger partial charge in [0.05, 0.1) is 0 Å². The maximum absolute atomic E-state index is 12.3. The Morgan fingerprint density at radius 2 is 1.55 bits per heavy atom. The van der Waals surface area contributed by atoms with Crippen LogP contribution in [0.5, 0.6) is 5.75 Å². The lowest BCUT2D eigenvalue weighted by Crippen LogP contribution is -2.17. The second-order valence-corrected chi connectivity index (χ2v) is 3.88. The smallest absolute Gasteiger partial charge is 0.403 e. The van der Waals surface area contributed by atoms with E-state index in [1.807, 2.05) is 0 Å². The summed E-state index contributed by atoms with van der Waals surface area (Å²) >= 11 is 0. The Hall–Kier alpha value is -2.50. The number of nitrogens with two attached hydrogens (primary N) is 1. The van der Waals surface area contributed by atoms with Crippen LogP contribution >= 0.6 is 0 Å². The van der Waals surface area contributed by atoms with E-state index < -0.39 is 6.36 Å². The van der Waals surface area contributed by atoms with Gasteiger partial charge in [0.25, 0.3) is 0 Å². The first-order chi connectivity index (χ1) is 9.46. The van der Waals surface area contributed by atoms with Gasteiger partial charge < -0.3 is 10.5 Å². The van der Waals surface area contributed by atoms with E-state index in [1.165, 1.54) is 18.2 Å². The number of nitrogens with zero attached hydrogens (tertiary/aromatic N) is 1. The van der Waals surface area contributed by atoms with Crippen molar-refractivity contribution >= 4 is 11.5 Å². The minimum atomic E-state index is -4.77. The number of hydrogen-bond donors (Lipinski definition) is 1. The number of aliphatic imine (C=N–C) groups is 1. The largest absolute Gasteiger partial charge is 0.573 e. The molecule has 0 amide bonds. The molecule has 0 radical (unpaired) electrons. The summed E-state index contributed by atoms with van der Waals surface area (Å²) in [6.07, 6.45) is -4.77. The average molecular weight is 280 g/mol. The van der Waals surface area contributed by atoms with E-state index in [9.17, 15) is 13.2 Å². The molecule has 2 rings (SSSR count). The number of ether oxygens (including phenoxy) is 1. The van der Waals surface area contributed by atoms with Crippen molar-refractivity contribution in [2.24, 2.45) is 10.7 Å². The Balaban J connectivity index is 2.34. The van der Waals surface area contributed by atoms with Gasteiger partial charge in [0.2, 0.25) is 0 Å². The van der Waals surface area contributed by atoms with Crippen LogP contribution in [0.1, 0.15) is 5.56 Å². The number of amidine groups is 1. The molecule has 0 aromatic heterocycles. The Bertz CT molecular complexity index is 609. The van der Waals surface area contributed by atoms with Crippen molar-refractivity contribution in [3.8, 4) is 5.75 Å². The molecule has 0 bridgehead atoms. The van der Waals surface area contributed by atoms with Crippen molar-refractivity contribution in [3.05, 3.63) is 60.2 Å². The van der Waals surface area contributed by atoms with Gasteiger partial charge in [-0.15, -0.1) is 13.2 Å². The topological polar surface area (TPSA) is 47.6 Å².